The molecule has 1 aliphatic heterocycles. The quantitative estimate of drug-likeness (QED) is 0.446. The highest BCUT2D eigenvalue weighted by Crippen LogP contribution is 2.25. The van der Waals surface area contributed by atoms with Gasteiger partial charge in [0.15, 0.2) is 5.58 Å². The average Bonchev–Trinajstić information content (AvgIpc) is 3.21. The van der Waals surface area contributed by atoms with Gasteiger partial charge in [-0.1, -0.05) is 36.2 Å². The fourth-order valence-electron chi connectivity index (χ4n) is 3.94. The zero-order chi connectivity index (χ0) is 22.5. The van der Waals surface area contributed by atoms with Crippen molar-refractivity contribution < 1.29 is 9.15 Å². The number of methoxy groups -OCH3 is 1. The van der Waals surface area contributed by atoms with Crippen LogP contribution in [0.2, 0.25) is 10.0 Å². The van der Waals surface area contributed by atoms with E-state index in [4.69, 9.17) is 32.4 Å². The summed E-state index contributed by atoms with van der Waals surface area (Å²) >= 11 is 12.2. The normalized spacial score (nSPS) is 16.4. The molecular weight excluding hydrogens is 447 g/mol. The zero-order valence-corrected chi connectivity index (χ0v) is 20.1. The van der Waals surface area contributed by atoms with E-state index in [1.807, 2.05) is 30.3 Å². The molecule has 1 atom stereocenters. The third kappa shape index (κ3) is 6.07. The van der Waals surface area contributed by atoms with E-state index >= 15 is 0 Å². The van der Waals surface area contributed by atoms with Gasteiger partial charge in [-0.2, -0.15) is 4.98 Å². The van der Waals surface area contributed by atoms with Crippen LogP contribution in [0.25, 0.3) is 11.1 Å². The van der Waals surface area contributed by atoms with Crippen LogP contribution in [-0.4, -0.2) is 61.2 Å². The lowest BCUT2D eigenvalue weighted by Crippen LogP contribution is -2.46. The standard InChI is InChI=1S/C24H30Cl2N4O2/c1-17(15-27-24-28-22-6-4-19(31-2)14-23(22)32-24)7-8-29-9-11-30(12-10-29)16-18-3-5-20(25)21(26)13-18/h3-6,13-14,17H,7-12,15-16H2,1-2H3,(H,27,28). The fraction of sp³-hybridized carbons (Fsp3) is 0.458. The number of hydrogen-bond acceptors (Lipinski definition) is 6. The first-order valence-electron chi connectivity index (χ1n) is 11.1. The first kappa shape index (κ1) is 23.2. The fourth-order valence-corrected chi connectivity index (χ4v) is 4.26. The highest BCUT2D eigenvalue weighted by Gasteiger charge is 2.18. The van der Waals surface area contributed by atoms with Crippen LogP contribution in [0.15, 0.2) is 40.8 Å². The minimum Gasteiger partial charge on any atom is -0.497 e. The van der Waals surface area contributed by atoms with Crippen LogP contribution in [0.1, 0.15) is 18.9 Å². The van der Waals surface area contributed by atoms with Crippen LogP contribution in [0.5, 0.6) is 5.75 Å². The monoisotopic (exact) mass is 476 g/mol. The van der Waals surface area contributed by atoms with Gasteiger partial charge in [0.1, 0.15) is 11.3 Å². The van der Waals surface area contributed by atoms with Crippen molar-refractivity contribution in [2.75, 3.05) is 51.7 Å². The van der Waals surface area contributed by atoms with Crippen molar-refractivity contribution in [3.05, 3.63) is 52.0 Å². The number of ether oxygens (including phenoxy) is 1. The SMILES string of the molecule is COc1ccc2nc(NCC(C)CCN3CCN(Cc4ccc(Cl)c(Cl)c4)CC3)oc2c1. The van der Waals surface area contributed by atoms with Gasteiger partial charge < -0.3 is 19.4 Å². The van der Waals surface area contributed by atoms with Gasteiger partial charge in [-0.25, -0.2) is 0 Å². The summed E-state index contributed by atoms with van der Waals surface area (Å²) in [6.07, 6.45) is 1.13. The van der Waals surface area contributed by atoms with Crippen molar-refractivity contribution in [1.82, 2.24) is 14.8 Å². The van der Waals surface area contributed by atoms with Gasteiger partial charge in [-0.05, 0) is 48.7 Å². The molecular formula is C24H30Cl2N4O2. The Morgan fingerprint density at radius 2 is 1.84 bits per heavy atom. The maximum absolute atomic E-state index is 6.14. The number of halogens is 2. The Labute approximate surface area is 199 Å². The van der Waals surface area contributed by atoms with Crippen molar-refractivity contribution >= 4 is 40.3 Å². The van der Waals surface area contributed by atoms with Gasteiger partial charge in [0.05, 0.1) is 17.2 Å². The Morgan fingerprint density at radius 1 is 1.06 bits per heavy atom. The summed E-state index contributed by atoms with van der Waals surface area (Å²) in [6.45, 7) is 9.44. The Morgan fingerprint density at radius 3 is 2.59 bits per heavy atom. The second-order valence-corrected chi connectivity index (χ2v) is 9.31. The molecule has 6 nitrogen and oxygen atoms in total. The number of benzene rings is 2. The maximum Gasteiger partial charge on any atom is 0.295 e. The van der Waals surface area contributed by atoms with E-state index in [2.05, 4.69) is 33.1 Å². The van der Waals surface area contributed by atoms with Gasteiger partial charge in [0.2, 0.25) is 0 Å². The smallest absolute Gasteiger partial charge is 0.295 e. The van der Waals surface area contributed by atoms with E-state index in [0.29, 0.717) is 22.0 Å². The van der Waals surface area contributed by atoms with Gasteiger partial charge >= 0.3 is 0 Å². The van der Waals surface area contributed by atoms with Gasteiger partial charge in [-0.3, -0.25) is 4.90 Å². The predicted octanol–water partition coefficient (Wildman–Crippen LogP) is 5.40. The molecule has 1 unspecified atom stereocenters. The van der Waals surface area contributed by atoms with E-state index in [1.165, 1.54) is 5.56 Å². The number of oxazole rings is 1. The van der Waals surface area contributed by atoms with E-state index < -0.39 is 0 Å². The summed E-state index contributed by atoms with van der Waals surface area (Å²) < 4.78 is 11.0. The number of nitrogens with one attached hydrogen (secondary N) is 1. The largest absolute Gasteiger partial charge is 0.497 e. The first-order valence-corrected chi connectivity index (χ1v) is 11.8. The van der Waals surface area contributed by atoms with Crippen molar-refractivity contribution in [2.45, 2.75) is 19.9 Å². The summed E-state index contributed by atoms with van der Waals surface area (Å²) in [5.74, 6) is 1.29. The number of rotatable bonds is 9. The molecule has 8 heteroatoms. The molecule has 1 saturated heterocycles. The Hall–Kier alpha value is -1.99. The van der Waals surface area contributed by atoms with Crippen LogP contribution >= 0.6 is 23.2 Å². The van der Waals surface area contributed by atoms with Crippen LogP contribution in [-0.2, 0) is 6.54 Å². The number of fused-ring (bicyclic) bond motifs is 1. The molecule has 1 aromatic heterocycles. The molecule has 3 aromatic rings. The molecule has 4 rings (SSSR count). The van der Waals surface area contributed by atoms with Crippen molar-refractivity contribution in [2.24, 2.45) is 5.92 Å². The summed E-state index contributed by atoms with van der Waals surface area (Å²) in [6, 6.07) is 12.1. The molecule has 32 heavy (non-hydrogen) atoms. The van der Waals surface area contributed by atoms with E-state index in [0.717, 1.165) is 69.1 Å². The molecule has 0 aliphatic carbocycles. The van der Waals surface area contributed by atoms with E-state index in [-0.39, 0.29) is 0 Å². The Balaban J connectivity index is 1.16. The average molecular weight is 477 g/mol. The molecule has 0 saturated carbocycles. The van der Waals surface area contributed by atoms with Gasteiger partial charge in [0.25, 0.3) is 6.01 Å². The van der Waals surface area contributed by atoms with E-state index in [1.54, 1.807) is 7.11 Å². The molecule has 1 fully saturated rings. The molecule has 172 valence electrons. The number of aromatic nitrogens is 1. The highest BCUT2D eigenvalue weighted by atomic mass is 35.5. The number of anilines is 1. The first-order chi connectivity index (χ1) is 15.5. The van der Waals surface area contributed by atoms with Crippen molar-refractivity contribution in [3.63, 3.8) is 0 Å². The lowest BCUT2D eigenvalue weighted by molar-refractivity contribution is 0.123. The van der Waals surface area contributed by atoms with Crippen LogP contribution in [0.4, 0.5) is 6.01 Å². The van der Waals surface area contributed by atoms with Gasteiger partial charge in [-0.15, -0.1) is 0 Å². The molecule has 2 heterocycles. The zero-order valence-electron chi connectivity index (χ0n) is 18.6. The molecule has 0 radical (unpaired) electrons. The third-order valence-corrected chi connectivity index (χ3v) is 6.73. The number of piperazine rings is 1. The summed E-state index contributed by atoms with van der Waals surface area (Å²) in [5.41, 5.74) is 2.78. The number of hydrogen-bond donors (Lipinski definition) is 1. The summed E-state index contributed by atoms with van der Waals surface area (Å²) in [4.78, 5) is 9.52. The lowest BCUT2D eigenvalue weighted by Gasteiger charge is -2.35. The topological polar surface area (TPSA) is 53.8 Å². The minimum atomic E-state index is 0.522. The van der Waals surface area contributed by atoms with E-state index in [9.17, 15) is 0 Å². The maximum atomic E-state index is 6.14. The van der Waals surface area contributed by atoms with Crippen molar-refractivity contribution in [1.29, 1.82) is 0 Å². The molecule has 0 spiro atoms. The predicted molar refractivity (Wildman–Crippen MR) is 131 cm³/mol. The molecule has 0 bridgehead atoms. The highest BCUT2D eigenvalue weighted by molar-refractivity contribution is 6.42. The Bertz CT molecular complexity index is 1030. The third-order valence-electron chi connectivity index (χ3n) is 5.99. The van der Waals surface area contributed by atoms with Gasteiger partial charge in [0, 0.05) is 45.3 Å². The summed E-state index contributed by atoms with van der Waals surface area (Å²) in [5, 5.41) is 4.58. The molecule has 1 N–H and O–H groups in total. The minimum absolute atomic E-state index is 0.522. The van der Waals surface area contributed by atoms with Crippen LogP contribution < -0.4 is 10.1 Å². The molecule has 0 amide bonds. The van der Waals surface area contributed by atoms with Crippen LogP contribution in [0, 0.1) is 5.92 Å². The lowest BCUT2D eigenvalue weighted by atomic mass is 10.1. The molecule has 2 aromatic carbocycles. The van der Waals surface area contributed by atoms with Crippen molar-refractivity contribution in [3.8, 4) is 5.75 Å². The summed E-state index contributed by atoms with van der Waals surface area (Å²) in [7, 11) is 1.65. The second kappa shape index (κ2) is 10.8. The second-order valence-electron chi connectivity index (χ2n) is 8.49. The van der Waals surface area contributed by atoms with Crippen LogP contribution in [0.3, 0.4) is 0 Å². The number of nitrogens with zero attached hydrogens (tertiary/aromatic N) is 3. The molecule has 1 aliphatic rings. The Kier molecular flexibility index (Phi) is 7.79.